The van der Waals surface area contributed by atoms with Gasteiger partial charge in [-0.05, 0) is 49.8 Å². The Hall–Kier alpha value is -1.42. The monoisotopic (exact) mass is 262 g/mol. The molecule has 3 nitrogen and oxygen atoms in total. The van der Waals surface area contributed by atoms with Crippen LogP contribution in [-0.2, 0) is 17.6 Å². The number of thiocarbonyl (C=S) groups is 1. The van der Waals surface area contributed by atoms with Gasteiger partial charge in [-0.2, -0.15) is 0 Å². The van der Waals surface area contributed by atoms with Gasteiger partial charge in [-0.15, -0.1) is 0 Å². The standard InChI is InChI=1S/C14H18N2OS/c1-9(13(15)18)14(17)16-12-8-4-6-10-5-2-3-7-11(10)12/h4,6,8-9H,2-3,5,7H2,1H3,(H2,15,18)(H,16,17). The van der Waals surface area contributed by atoms with Gasteiger partial charge in [0, 0.05) is 5.69 Å². The molecule has 0 bridgehead atoms. The highest BCUT2D eigenvalue weighted by Crippen LogP contribution is 2.28. The van der Waals surface area contributed by atoms with E-state index in [1.165, 1.54) is 24.0 Å². The van der Waals surface area contributed by atoms with E-state index in [4.69, 9.17) is 18.0 Å². The molecule has 4 heteroatoms. The molecule has 0 aromatic heterocycles. The number of hydrogen-bond acceptors (Lipinski definition) is 2. The van der Waals surface area contributed by atoms with Crippen molar-refractivity contribution in [1.82, 2.24) is 0 Å². The van der Waals surface area contributed by atoms with Gasteiger partial charge in [0.25, 0.3) is 0 Å². The number of aryl methyl sites for hydroxylation is 1. The lowest BCUT2D eigenvalue weighted by atomic mass is 9.90. The number of hydrogen-bond donors (Lipinski definition) is 2. The normalized spacial score (nSPS) is 15.6. The van der Waals surface area contributed by atoms with Crippen molar-refractivity contribution in [3.05, 3.63) is 29.3 Å². The van der Waals surface area contributed by atoms with Gasteiger partial charge in [0.1, 0.15) is 0 Å². The molecule has 0 heterocycles. The summed E-state index contributed by atoms with van der Waals surface area (Å²) in [6.45, 7) is 1.73. The molecule has 96 valence electrons. The molecule has 1 aliphatic rings. The summed E-state index contributed by atoms with van der Waals surface area (Å²) < 4.78 is 0. The van der Waals surface area contributed by atoms with Crippen molar-refractivity contribution in [2.24, 2.45) is 11.7 Å². The summed E-state index contributed by atoms with van der Waals surface area (Å²) in [5, 5.41) is 2.94. The van der Waals surface area contributed by atoms with Crippen molar-refractivity contribution >= 4 is 28.8 Å². The number of nitrogens with two attached hydrogens (primary N) is 1. The largest absolute Gasteiger partial charge is 0.393 e. The molecule has 1 amide bonds. The van der Waals surface area contributed by atoms with E-state index < -0.39 is 5.92 Å². The molecule has 0 radical (unpaired) electrons. The van der Waals surface area contributed by atoms with E-state index in [2.05, 4.69) is 11.4 Å². The number of anilines is 1. The Bertz CT molecular complexity index is 485. The molecule has 0 fully saturated rings. The summed E-state index contributed by atoms with van der Waals surface area (Å²) in [6, 6.07) is 6.08. The highest BCUT2D eigenvalue weighted by molar-refractivity contribution is 7.80. The van der Waals surface area contributed by atoms with Gasteiger partial charge in [-0.1, -0.05) is 24.4 Å². The maximum Gasteiger partial charge on any atom is 0.234 e. The van der Waals surface area contributed by atoms with Crippen molar-refractivity contribution in [3.8, 4) is 0 Å². The minimum Gasteiger partial charge on any atom is -0.393 e. The number of amides is 1. The Labute approximate surface area is 113 Å². The lowest BCUT2D eigenvalue weighted by molar-refractivity contribution is -0.117. The van der Waals surface area contributed by atoms with Crippen LogP contribution in [-0.4, -0.2) is 10.9 Å². The Morgan fingerprint density at radius 1 is 1.39 bits per heavy atom. The molecule has 1 aliphatic carbocycles. The van der Waals surface area contributed by atoms with Crippen molar-refractivity contribution in [2.75, 3.05) is 5.32 Å². The third-order valence-electron chi connectivity index (χ3n) is 3.47. The number of carbonyl (C=O) groups is 1. The average molecular weight is 262 g/mol. The topological polar surface area (TPSA) is 55.1 Å². The SMILES string of the molecule is CC(C(=O)Nc1cccc2c1CCCC2)C(N)=S. The molecule has 0 aliphatic heterocycles. The maximum atomic E-state index is 12.0. The van der Waals surface area contributed by atoms with Gasteiger partial charge in [0.15, 0.2) is 0 Å². The van der Waals surface area contributed by atoms with Crippen LogP contribution in [0.2, 0.25) is 0 Å². The summed E-state index contributed by atoms with van der Waals surface area (Å²) in [4.78, 5) is 12.2. The number of nitrogens with one attached hydrogen (secondary N) is 1. The fourth-order valence-corrected chi connectivity index (χ4v) is 2.38. The molecule has 0 saturated carbocycles. The Kier molecular flexibility index (Phi) is 3.97. The van der Waals surface area contributed by atoms with Crippen LogP contribution in [0.25, 0.3) is 0 Å². The van der Waals surface area contributed by atoms with Crippen LogP contribution in [0.3, 0.4) is 0 Å². The quantitative estimate of drug-likeness (QED) is 0.823. The highest BCUT2D eigenvalue weighted by atomic mass is 32.1. The summed E-state index contributed by atoms with van der Waals surface area (Å²) in [5.74, 6) is -0.555. The predicted octanol–water partition coefficient (Wildman–Crippen LogP) is 2.43. The average Bonchev–Trinajstić information content (AvgIpc) is 2.38. The first-order valence-electron chi connectivity index (χ1n) is 6.30. The smallest absolute Gasteiger partial charge is 0.234 e. The molecule has 0 spiro atoms. The van der Waals surface area contributed by atoms with Gasteiger partial charge < -0.3 is 11.1 Å². The van der Waals surface area contributed by atoms with E-state index in [9.17, 15) is 4.79 Å². The number of fused-ring (bicyclic) bond motifs is 1. The summed E-state index contributed by atoms with van der Waals surface area (Å²) in [7, 11) is 0. The van der Waals surface area contributed by atoms with Crippen LogP contribution in [0.1, 0.15) is 30.9 Å². The predicted molar refractivity (Wildman–Crippen MR) is 77.7 cm³/mol. The molecule has 1 aromatic rings. The van der Waals surface area contributed by atoms with Crippen LogP contribution in [0, 0.1) is 5.92 Å². The molecule has 18 heavy (non-hydrogen) atoms. The third kappa shape index (κ3) is 2.70. The summed E-state index contributed by atoms with van der Waals surface area (Å²) >= 11 is 4.85. The molecule has 2 rings (SSSR count). The fraction of sp³-hybridized carbons (Fsp3) is 0.429. The molecular weight excluding hydrogens is 244 g/mol. The number of rotatable bonds is 3. The van der Waals surface area contributed by atoms with Gasteiger partial charge in [0.2, 0.25) is 5.91 Å². The van der Waals surface area contributed by atoms with Crippen molar-refractivity contribution in [2.45, 2.75) is 32.6 Å². The minimum absolute atomic E-state index is 0.124. The second kappa shape index (κ2) is 5.48. The van der Waals surface area contributed by atoms with Gasteiger partial charge in [-0.25, -0.2) is 0 Å². The third-order valence-corrected chi connectivity index (χ3v) is 3.83. The molecule has 3 N–H and O–H groups in total. The molecule has 0 saturated heterocycles. The van der Waals surface area contributed by atoms with Crippen molar-refractivity contribution in [1.29, 1.82) is 0 Å². The molecule has 1 unspecified atom stereocenters. The van der Waals surface area contributed by atoms with Gasteiger partial charge in [0.05, 0.1) is 10.9 Å². The van der Waals surface area contributed by atoms with Gasteiger partial charge in [-0.3, -0.25) is 4.79 Å². The van der Waals surface area contributed by atoms with Crippen LogP contribution < -0.4 is 11.1 Å². The second-order valence-electron chi connectivity index (χ2n) is 4.76. The van der Waals surface area contributed by atoms with E-state index in [0.717, 1.165) is 18.5 Å². The Morgan fingerprint density at radius 3 is 2.83 bits per heavy atom. The fourth-order valence-electron chi connectivity index (χ4n) is 2.27. The highest BCUT2D eigenvalue weighted by Gasteiger charge is 2.18. The minimum atomic E-state index is -0.431. The van der Waals surface area contributed by atoms with Crippen LogP contribution >= 0.6 is 12.2 Å². The van der Waals surface area contributed by atoms with E-state index in [0.29, 0.717) is 0 Å². The van der Waals surface area contributed by atoms with E-state index in [1.54, 1.807) is 6.92 Å². The lowest BCUT2D eigenvalue weighted by Gasteiger charge is -2.20. The van der Waals surface area contributed by atoms with E-state index >= 15 is 0 Å². The Balaban J connectivity index is 2.19. The van der Waals surface area contributed by atoms with Crippen LogP contribution in [0.5, 0.6) is 0 Å². The first-order chi connectivity index (χ1) is 8.59. The zero-order valence-corrected chi connectivity index (χ0v) is 11.3. The van der Waals surface area contributed by atoms with E-state index in [-0.39, 0.29) is 10.9 Å². The first kappa shape index (κ1) is 13.0. The van der Waals surface area contributed by atoms with E-state index in [1.807, 2.05) is 12.1 Å². The zero-order valence-electron chi connectivity index (χ0n) is 10.5. The Morgan fingerprint density at radius 2 is 2.11 bits per heavy atom. The molecule has 1 aromatic carbocycles. The molecular formula is C14H18N2OS. The summed E-state index contributed by atoms with van der Waals surface area (Å²) in [5.41, 5.74) is 9.04. The van der Waals surface area contributed by atoms with Crippen LogP contribution in [0.15, 0.2) is 18.2 Å². The lowest BCUT2D eigenvalue weighted by Crippen LogP contribution is -2.31. The number of benzene rings is 1. The first-order valence-corrected chi connectivity index (χ1v) is 6.71. The van der Waals surface area contributed by atoms with Crippen molar-refractivity contribution in [3.63, 3.8) is 0 Å². The van der Waals surface area contributed by atoms with Crippen LogP contribution in [0.4, 0.5) is 5.69 Å². The van der Waals surface area contributed by atoms with Gasteiger partial charge >= 0.3 is 0 Å². The number of carbonyl (C=O) groups excluding carboxylic acids is 1. The van der Waals surface area contributed by atoms with Crippen molar-refractivity contribution < 1.29 is 4.79 Å². The molecule has 1 atom stereocenters. The summed E-state index contributed by atoms with van der Waals surface area (Å²) in [6.07, 6.45) is 4.55. The second-order valence-corrected chi connectivity index (χ2v) is 5.24. The zero-order chi connectivity index (χ0) is 13.1. The maximum absolute atomic E-state index is 12.0.